The summed E-state index contributed by atoms with van der Waals surface area (Å²) in [5.74, 6) is 0.598. The van der Waals surface area contributed by atoms with Gasteiger partial charge in [0.25, 0.3) is 0 Å². The van der Waals surface area contributed by atoms with Gasteiger partial charge < -0.3 is 9.67 Å². The minimum atomic E-state index is -0.0772. The van der Waals surface area contributed by atoms with Crippen molar-refractivity contribution in [2.24, 2.45) is 7.05 Å². The first kappa shape index (κ1) is 13.1. The van der Waals surface area contributed by atoms with Gasteiger partial charge in [0.05, 0.1) is 0 Å². The molecule has 0 fully saturated rings. The average molecular weight is 263 g/mol. The SMILES string of the molecule is CCC(Sc1nnc(CO)n1C)c1ccccc1. The molecular formula is C13H17N3OS. The maximum absolute atomic E-state index is 9.11. The zero-order valence-electron chi connectivity index (χ0n) is 10.6. The lowest BCUT2D eigenvalue weighted by Gasteiger charge is -2.14. The molecule has 4 nitrogen and oxygen atoms in total. The number of benzene rings is 1. The molecule has 0 saturated carbocycles. The van der Waals surface area contributed by atoms with E-state index in [1.807, 2.05) is 29.8 Å². The average Bonchev–Trinajstić information content (AvgIpc) is 2.77. The monoisotopic (exact) mass is 263 g/mol. The standard InChI is InChI=1S/C13H17N3OS/c1-3-11(10-7-5-4-6-8-10)18-13-15-14-12(9-17)16(13)2/h4-8,11,17H,3,9H2,1-2H3. The van der Waals surface area contributed by atoms with Crippen LogP contribution in [0.2, 0.25) is 0 Å². The van der Waals surface area contributed by atoms with Gasteiger partial charge in [0.2, 0.25) is 0 Å². The third-order valence-electron chi connectivity index (χ3n) is 2.86. The van der Waals surface area contributed by atoms with Crippen molar-refractivity contribution >= 4 is 11.8 Å². The molecule has 0 aliphatic heterocycles. The van der Waals surface area contributed by atoms with Crippen LogP contribution in [0, 0.1) is 0 Å². The maximum Gasteiger partial charge on any atom is 0.191 e. The molecule has 1 heterocycles. The van der Waals surface area contributed by atoms with E-state index in [9.17, 15) is 0 Å². The summed E-state index contributed by atoms with van der Waals surface area (Å²) in [5, 5.41) is 18.4. The molecule has 0 saturated heterocycles. The van der Waals surface area contributed by atoms with Crippen molar-refractivity contribution in [3.8, 4) is 0 Å². The number of rotatable bonds is 5. The summed E-state index contributed by atoms with van der Waals surface area (Å²) in [6, 6.07) is 10.4. The molecule has 2 aromatic rings. The van der Waals surface area contributed by atoms with Gasteiger partial charge in [-0.3, -0.25) is 0 Å². The summed E-state index contributed by atoms with van der Waals surface area (Å²) in [7, 11) is 1.88. The Labute approximate surface area is 111 Å². The van der Waals surface area contributed by atoms with Crippen LogP contribution in [-0.2, 0) is 13.7 Å². The Morgan fingerprint density at radius 2 is 2.00 bits per heavy atom. The van der Waals surface area contributed by atoms with E-state index in [0.29, 0.717) is 11.1 Å². The van der Waals surface area contributed by atoms with Crippen LogP contribution in [0.1, 0.15) is 30.0 Å². The highest BCUT2D eigenvalue weighted by Gasteiger charge is 2.15. The molecule has 1 aromatic heterocycles. The molecule has 0 radical (unpaired) electrons. The third-order valence-corrected chi connectivity index (χ3v) is 4.31. The first-order valence-corrected chi connectivity index (χ1v) is 6.85. The fourth-order valence-electron chi connectivity index (χ4n) is 1.77. The zero-order chi connectivity index (χ0) is 13.0. The minimum absolute atomic E-state index is 0.0772. The quantitative estimate of drug-likeness (QED) is 0.842. The number of nitrogens with zero attached hydrogens (tertiary/aromatic N) is 3. The molecule has 1 aromatic carbocycles. The third kappa shape index (κ3) is 2.73. The van der Waals surface area contributed by atoms with Crippen molar-refractivity contribution < 1.29 is 5.11 Å². The summed E-state index contributed by atoms with van der Waals surface area (Å²) in [4.78, 5) is 0. The topological polar surface area (TPSA) is 50.9 Å². The fraction of sp³-hybridized carbons (Fsp3) is 0.385. The van der Waals surface area contributed by atoms with E-state index in [2.05, 4.69) is 29.3 Å². The van der Waals surface area contributed by atoms with Gasteiger partial charge in [-0.05, 0) is 12.0 Å². The van der Waals surface area contributed by atoms with E-state index in [-0.39, 0.29) is 6.61 Å². The van der Waals surface area contributed by atoms with Crippen LogP contribution in [0.15, 0.2) is 35.5 Å². The summed E-state index contributed by atoms with van der Waals surface area (Å²) in [5.41, 5.74) is 1.29. The first-order chi connectivity index (χ1) is 8.76. The van der Waals surface area contributed by atoms with Gasteiger partial charge in [0, 0.05) is 12.3 Å². The Bertz CT molecular complexity index is 498. The molecule has 1 unspecified atom stereocenters. The second-order valence-corrected chi connectivity index (χ2v) is 5.21. The van der Waals surface area contributed by atoms with Crippen LogP contribution >= 0.6 is 11.8 Å². The molecule has 1 N–H and O–H groups in total. The Hall–Kier alpha value is -1.33. The lowest BCUT2D eigenvalue weighted by Crippen LogP contribution is -2.00. The van der Waals surface area contributed by atoms with E-state index in [4.69, 9.17) is 5.11 Å². The Balaban J connectivity index is 2.18. The van der Waals surface area contributed by atoms with E-state index in [1.54, 1.807) is 11.8 Å². The summed E-state index contributed by atoms with van der Waals surface area (Å²) in [6.07, 6.45) is 1.02. The molecule has 0 aliphatic carbocycles. The highest BCUT2D eigenvalue weighted by atomic mass is 32.2. The van der Waals surface area contributed by atoms with Crippen LogP contribution in [0.25, 0.3) is 0 Å². The highest BCUT2D eigenvalue weighted by molar-refractivity contribution is 7.99. The van der Waals surface area contributed by atoms with Gasteiger partial charge in [0.15, 0.2) is 11.0 Å². The molecule has 0 bridgehead atoms. The van der Waals surface area contributed by atoms with E-state index in [0.717, 1.165) is 11.6 Å². The number of aliphatic hydroxyl groups is 1. The van der Waals surface area contributed by atoms with Crippen molar-refractivity contribution in [1.82, 2.24) is 14.8 Å². The Morgan fingerprint density at radius 3 is 2.56 bits per heavy atom. The van der Waals surface area contributed by atoms with E-state index in [1.165, 1.54) is 5.56 Å². The van der Waals surface area contributed by atoms with Gasteiger partial charge >= 0.3 is 0 Å². The number of hydrogen-bond acceptors (Lipinski definition) is 4. The lowest BCUT2D eigenvalue weighted by molar-refractivity contribution is 0.266. The molecular weight excluding hydrogens is 246 g/mol. The number of aliphatic hydroxyl groups excluding tert-OH is 1. The number of aromatic nitrogens is 3. The van der Waals surface area contributed by atoms with Gasteiger partial charge in [0.1, 0.15) is 6.61 Å². The molecule has 2 rings (SSSR count). The summed E-state index contributed by atoms with van der Waals surface area (Å²) >= 11 is 1.68. The first-order valence-electron chi connectivity index (χ1n) is 5.97. The van der Waals surface area contributed by atoms with Crippen LogP contribution in [-0.4, -0.2) is 19.9 Å². The van der Waals surface area contributed by atoms with Gasteiger partial charge in [-0.25, -0.2) is 0 Å². The molecule has 0 aliphatic rings. The fourth-order valence-corrected chi connectivity index (χ4v) is 2.83. The predicted molar refractivity (Wildman–Crippen MR) is 72.3 cm³/mol. The lowest BCUT2D eigenvalue weighted by atomic mass is 10.1. The van der Waals surface area contributed by atoms with Crippen LogP contribution in [0.3, 0.4) is 0 Å². The van der Waals surface area contributed by atoms with Crippen LogP contribution < -0.4 is 0 Å². The maximum atomic E-state index is 9.11. The summed E-state index contributed by atoms with van der Waals surface area (Å²) in [6.45, 7) is 2.08. The molecule has 96 valence electrons. The smallest absolute Gasteiger partial charge is 0.191 e. The second kappa shape index (κ2) is 6.02. The van der Waals surface area contributed by atoms with Gasteiger partial charge in [-0.15, -0.1) is 10.2 Å². The largest absolute Gasteiger partial charge is 0.388 e. The predicted octanol–water partition coefficient (Wildman–Crippen LogP) is 2.55. The normalized spacial score (nSPS) is 12.6. The van der Waals surface area contributed by atoms with Crippen molar-refractivity contribution in [3.05, 3.63) is 41.7 Å². The van der Waals surface area contributed by atoms with Gasteiger partial charge in [-0.1, -0.05) is 49.0 Å². The second-order valence-electron chi connectivity index (χ2n) is 4.04. The van der Waals surface area contributed by atoms with Crippen molar-refractivity contribution in [3.63, 3.8) is 0 Å². The molecule has 0 amide bonds. The number of thioether (sulfide) groups is 1. The zero-order valence-corrected chi connectivity index (χ0v) is 11.4. The van der Waals surface area contributed by atoms with Gasteiger partial charge in [-0.2, -0.15) is 0 Å². The van der Waals surface area contributed by atoms with E-state index < -0.39 is 0 Å². The van der Waals surface area contributed by atoms with Crippen molar-refractivity contribution in [2.45, 2.75) is 30.4 Å². The molecule has 1 atom stereocenters. The Kier molecular flexibility index (Phi) is 4.38. The molecule has 5 heteroatoms. The van der Waals surface area contributed by atoms with Crippen molar-refractivity contribution in [2.75, 3.05) is 0 Å². The molecule has 18 heavy (non-hydrogen) atoms. The Morgan fingerprint density at radius 1 is 1.28 bits per heavy atom. The summed E-state index contributed by atoms with van der Waals surface area (Å²) < 4.78 is 1.84. The highest BCUT2D eigenvalue weighted by Crippen LogP contribution is 2.36. The van der Waals surface area contributed by atoms with Crippen LogP contribution in [0.5, 0.6) is 0 Å². The minimum Gasteiger partial charge on any atom is -0.388 e. The molecule has 0 spiro atoms. The van der Waals surface area contributed by atoms with E-state index >= 15 is 0 Å². The van der Waals surface area contributed by atoms with Crippen LogP contribution in [0.4, 0.5) is 0 Å². The van der Waals surface area contributed by atoms with Crippen molar-refractivity contribution in [1.29, 1.82) is 0 Å². The number of hydrogen-bond donors (Lipinski definition) is 1.